The number of rotatable bonds is 6. The Balaban J connectivity index is 2.38. The van der Waals surface area contributed by atoms with E-state index in [1.54, 1.807) is 49.4 Å². The van der Waals surface area contributed by atoms with Crippen molar-refractivity contribution in [3.05, 3.63) is 58.1 Å². The molecule has 2 aromatic carbocycles. The van der Waals surface area contributed by atoms with Crippen LogP contribution in [0.25, 0.3) is 0 Å². The third-order valence-electron chi connectivity index (χ3n) is 3.86. The number of hydrogen-bond acceptors (Lipinski definition) is 3. The molecule has 0 aliphatic heterocycles. The van der Waals surface area contributed by atoms with Gasteiger partial charge in [0.25, 0.3) is 0 Å². The number of hydrogen-bond donors (Lipinski definition) is 1. The second-order valence-corrected chi connectivity index (χ2v) is 8.64. The average molecular weight is 415 g/mol. The Morgan fingerprint density at radius 1 is 1.12 bits per heavy atom. The number of sulfonamides is 1. The molecule has 26 heavy (non-hydrogen) atoms. The van der Waals surface area contributed by atoms with Crippen LogP contribution in [0.3, 0.4) is 0 Å². The normalized spacial score (nSPS) is 12.5. The third kappa shape index (κ3) is 4.90. The van der Waals surface area contributed by atoms with E-state index in [0.717, 1.165) is 16.1 Å². The topological polar surface area (TPSA) is 66.5 Å². The van der Waals surface area contributed by atoms with Gasteiger partial charge in [0, 0.05) is 15.7 Å². The maximum absolute atomic E-state index is 12.8. The molecule has 1 amide bonds. The van der Waals surface area contributed by atoms with Gasteiger partial charge in [-0.2, -0.15) is 0 Å². The first kappa shape index (κ1) is 20.6. The quantitative estimate of drug-likeness (QED) is 0.756. The molecule has 0 radical (unpaired) electrons. The summed E-state index contributed by atoms with van der Waals surface area (Å²) >= 11 is 11.8. The van der Waals surface area contributed by atoms with Crippen molar-refractivity contribution in [1.82, 2.24) is 0 Å². The molecule has 140 valence electrons. The van der Waals surface area contributed by atoms with Gasteiger partial charge in [-0.15, -0.1) is 0 Å². The molecule has 2 aromatic rings. The van der Waals surface area contributed by atoms with Crippen molar-refractivity contribution in [2.24, 2.45) is 0 Å². The molecular formula is C18H20Cl2N2O3S. The van der Waals surface area contributed by atoms with Crippen LogP contribution in [0.5, 0.6) is 0 Å². The number of nitrogens with zero attached hydrogens (tertiary/aromatic N) is 1. The summed E-state index contributed by atoms with van der Waals surface area (Å²) in [6.07, 6.45) is 1.37. The lowest BCUT2D eigenvalue weighted by Crippen LogP contribution is -2.47. The van der Waals surface area contributed by atoms with E-state index in [2.05, 4.69) is 5.32 Å². The zero-order chi connectivity index (χ0) is 19.5. The number of carbonyl (C=O) groups excluding carboxylic acids is 1. The molecule has 1 N–H and O–H groups in total. The van der Waals surface area contributed by atoms with E-state index in [1.165, 1.54) is 0 Å². The van der Waals surface area contributed by atoms with E-state index < -0.39 is 22.0 Å². The van der Waals surface area contributed by atoms with Crippen LogP contribution in [-0.4, -0.2) is 26.6 Å². The molecular weight excluding hydrogens is 395 g/mol. The van der Waals surface area contributed by atoms with Crippen molar-refractivity contribution >= 4 is 50.5 Å². The van der Waals surface area contributed by atoms with Crippen LogP contribution in [0, 0.1) is 6.92 Å². The summed E-state index contributed by atoms with van der Waals surface area (Å²) in [5, 5.41) is 3.84. The van der Waals surface area contributed by atoms with Crippen LogP contribution in [0.15, 0.2) is 42.5 Å². The molecule has 0 heterocycles. The Morgan fingerprint density at radius 3 is 2.19 bits per heavy atom. The predicted octanol–water partition coefficient (Wildman–Crippen LogP) is 4.49. The molecule has 0 saturated carbocycles. The van der Waals surface area contributed by atoms with Crippen molar-refractivity contribution in [3.8, 4) is 0 Å². The summed E-state index contributed by atoms with van der Waals surface area (Å²) in [4.78, 5) is 12.8. The minimum atomic E-state index is -3.69. The van der Waals surface area contributed by atoms with Crippen LogP contribution < -0.4 is 9.62 Å². The Bertz CT molecular complexity index is 899. The van der Waals surface area contributed by atoms with Gasteiger partial charge in [0.1, 0.15) is 6.04 Å². The summed E-state index contributed by atoms with van der Waals surface area (Å²) in [7, 11) is -3.69. The van der Waals surface area contributed by atoms with E-state index in [4.69, 9.17) is 23.2 Å². The molecule has 0 spiro atoms. The highest BCUT2D eigenvalue weighted by molar-refractivity contribution is 7.92. The lowest BCUT2D eigenvalue weighted by atomic mass is 10.1. The molecule has 2 rings (SSSR count). The molecule has 0 saturated heterocycles. The molecule has 0 bridgehead atoms. The van der Waals surface area contributed by atoms with E-state index in [1.807, 2.05) is 6.92 Å². The number of amides is 1. The van der Waals surface area contributed by atoms with E-state index in [0.29, 0.717) is 27.8 Å². The molecule has 0 aromatic heterocycles. The molecule has 1 atom stereocenters. The lowest BCUT2D eigenvalue weighted by molar-refractivity contribution is -0.117. The maximum Gasteiger partial charge on any atom is 0.248 e. The SMILES string of the molecule is CCC(C(=O)Nc1ccc(Cl)cc1C)N(c1ccc(Cl)cc1)S(C)(=O)=O. The number of anilines is 2. The van der Waals surface area contributed by atoms with Crippen molar-refractivity contribution in [2.45, 2.75) is 26.3 Å². The highest BCUT2D eigenvalue weighted by Crippen LogP contribution is 2.26. The van der Waals surface area contributed by atoms with Crippen LogP contribution in [0.4, 0.5) is 11.4 Å². The van der Waals surface area contributed by atoms with Gasteiger partial charge < -0.3 is 5.32 Å². The van der Waals surface area contributed by atoms with Gasteiger partial charge in [0.2, 0.25) is 15.9 Å². The number of carbonyl (C=O) groups is 1. The molecule has 0 fully saturated rings. The van der Waals surface area contributed by atoms with Crippen LogP contribution in [0.2, 0.25) is 10.0 Å². The minimum absolute atomic E-state index is 0.300. The monoisotopic (exact) mass is 414 g/mol. The number of nitrogens with one attached hydrogen (secondary N) is 1. The average Bonchev–Trinajstić information content (AvgIpc) is 2.55. The second kappa shape index (κ2) is 8.29. The number of benzene rings is 2. The van der Waals surface area contributed by atoms with Gasteiger partial charge in [-0.3, -0.25) is 9.10 Å². The van der Waals surface area contributed by atoms with Gasteiger partial charge in [-0.25, -0.2) is 8.42 Å². The Kier molecular flexibility index (Phi) is 6.55. The molecule has 0 aliphatic carbocycles. The van der Waals surface area contributed by atoms with Crippen LogP contribution >= 0.6 is 23.2 Å². The van der Waals surface area contributed by atoms with Gasteiger partial charge in [0.15, 0.2) is 0 Å². The van der Waals surface area contributed by atoms with Crippen molar-refractivity contribution in [3.63, 3.8) is 0 Å². The standard InChI is InChI=1S/C18H20Cl2N2O3S/c1-4-17(18(23)21-16-10-7-14(20)11-12(16)2)22(26(3,24)25)15-8-5-13(19)6-9-15/h5-11,17H,4H2,1-3H3,(H,21,23). The summed E-state index contributed by atoms with van der Waals surface area (Å²) in [6.45, 7) is 3.57. The molecule has 5 nitrogen and oxygen atoms in total. The largest absolute Gasteiger partial charge is 0.324 e. The van der Waals surface area contributed by atoms with Crippen molar-refractivity contribution in [2.75, 3.05) is 15.9 Å². The Hall–Kier alpha value is -1.76. The lowest BCUT2D eigenvalue weighted by Gasteiger charge is -2.30. The smallest absolute Gasteiger partial charge is 0.248 e. The highest BCUT2D eigenvalue weighted by Gasteiger charge is 2.31. The van der Waals surface area contributed by atoms with Crippen molar-refractivity contribution < 1.29 is 13.2 Å². The zero-order valence-electron chi connectivity index (χ0n) is 14.7. The molecule has 8 heteroatoms. The van der Waals surface area contributed by atoms with Crippen LogP contribution in [0.1, 0.15) is 18.9 Å². The van der Waals surface area contributed by atoms with E-state index in [9.17, 15) is 13.2 Å². The van der Waals surface area contributed by atoms with Gasteiger partial charge in [-0.05, 0) is 61.4 Å². The molecule has 1 unspecified atom stereocenters. The van der Waals surface area contributed by atoms with Crippen LogP contribution in [-0.2, 0) is 14.8 Å². The first-order valence-corrected chi connectivity index (χ1v) is 10.6. The maximum atomic E-state index is 12.8. The number of halogens is 2. The predicted molar refractivity (Wildman–Crippen MR) is 108 cm³/mol. The Morgan fingerprint density at radius 2 is 1.69 bits per heavy atom. The fourth-order valence-corrected chi connectivity index (χ4v) is 4.20. The van der Waals surface area contributed by atoms with Gasteiger partial charge in [0.05, 0.1) is 11.9 Å². The van der Waals surface area contributed by atoms with E-state index in [-0.39, 0.29) is 0 Å². The third-order valence-corrected chi connectivity index (χ3v) is 5.52. The first-order chi connectivity index (χ1) is 12.1. The minimum Gasteiger partial charge on any atom is -0.324 e. The summed E-state index contributed by atoms with van der Waals surface area (Å²) in [6, 6.07) is 10.5. The van der Waals surface area contributed by atoms with Gasteiger partial charge in [-0.1, -0.05) is 30.1 Å². The summed E-state index contributed by atoms with van der Waals surface area (Å²) < 4.78 is 25.9. The number of aryl methyl sites for hydroxylation is 1. The first-order valence-electron chi connectivity index (χ1n) is 7.95. The fourth-order valence-electron chi connectivity index (χ4n) is 2.63. The highest BCUT2D eigenvalue weighted by atomic mass is 35.5. The van der Waals surface area contributed by atoms with Crippen molar-refractivity contribution in [1.29, 1.82) is 0 Å². The Labute approximate surface area is 164 Å². The zero-order valence-corrected chi connectivity index (χ0v) is 17.0. The summed E-state index contributed by atoms with van der Waals surface area (Å²) in [5.74, 6) is -0.418. The second-order valence-electron chi connectivity index (χ2n) is 5.91. The van der Waals surface area contributed by atoms with E-state index >= 15 is 0 Å². The molecule has 0 aliphatic rings. The van der Waals surface area contributed by atoms with Gasteiger partial charge >= 0.3 is 0 Å². The summed E-state index contributed by atoms with van der Waals surface area (Å²) in [5.41, 5.74) is 1.76. The fraction of sp³-hybridized carbons (Fsp3) is 0.278.